The number of halogens is 3. The van der Waals surface area contributed by atoms with Gasteiger partial charge in [-0.2, -0.15) is 13.2 Å². The number of Topliss-reactive ketones (excluding diaryl/α,β-unsaturated/α-hetero) is 1. The maximum Gasteiger partial charge on any atom is 0.454 e. The fraction of sp³-hybridized carbons (Fsp3) is 0.0750. The SMILES string of the molecule is Cc1ccc(N(c2ccccc2)c2ccc(-c3ccc(N(c4ccc(C)cc4)c4ccc(C(=O)C(F)(F)F)cc4)cc3)cc2)cc1. The topological polar surface area (TPSA) is 23.6 Å². The molecule has 0 fully saturated rings. The molecule has 0 aliphatic rings. The van der Waals surface area contributed by atoms with E-state index < -0.39 is 17.5 Å². The van der Waals surface area contributed by atoms with Crippen molar-refractivity contribution in [1.82, 2.24) is 0 Å². The number of anilines is 6. The average molecular weight is 613 g/mol. The molecule has 6 heteroatoms. The molecule has 6 aromatic rings. The Morgan fingerprint density at radius 2 is 0.739 bits per heavy atom. The molecule has 6 rings (SSSR count). The lowest BCUT2D eigenvalue weighted by atomic mass is 10.0. The molecule has 3 nitrogen and oxygen atoms in total. The van der Waals surface area contributed by atoms with Crippen molar-refractivity contribution in [3.8, 4) is 11.1 Å². The van der Waals surface area contributed by atoms with Gasteiger partial charge in [-0.15, -0.1) is 0 Å². The number of hydrogen-bond acceptors (Lipinski definition) is 3. The lowest BCUT2D eigenvalue weighted by molar-refractivity contribution is -0.0885. The third-order valence-corrected chi connectivity index (χ3v) is 7.83. The molecule has 46 heavy (non-hydrogen) atoms. The van der Waals surface area contributed by atoms with Crippen LogP contribution in [0.5, 0.6) is 0 Å². The van der Waals surface area contributed by atoms with Gasteiger partial charge in [-0.3, -0.25) is 4.79 Å². The van der Waals surface area contributed by atoms with Crippen molar-refractivity contribution >= 4 is 39.9 Å². The van der Waals surface area contributed by atoms with Crippen LogP contribution < -0.4 is 9.80 Å². The van der Waals surface area contributed by atoms with Crippen LogP contribution in [0.2, 0.25) is 0 Å². The number of ketones is 1. The fourth-order valence-electron chi connectivity index (χ4n) is 5.39. The number of hydrogen-bond donors (Lipinski definition) is 0. The van der Waals surface area contributed by atoms with Gasteiger partial charge in [0.2, 0.25) is 0 Å². The van der Waals surface area contributed by atoms with Gasteiger partial charge in [0.25, 0.3) is 5.78 Å². The van der Waals surface area contributed by atoms with Crippen LogP contribution in [0.15, 0.2) is 152 Å². The minimum atomic E-state index is -4.92. The third-order valence-electron chi connectivity index (χ3n) is 7.83. The number of para-hydroxylation sites is 1. The second-order valence-electron chi connectivity index (χ2n) is 11.1. The quantitative estimate of drug-likeness (QED) is 0.160. The standard InChI is InChI=1S/C40H31F3N2O/c1-28-8-18-34(19-9-28)44(33-6-4-3-5-7-33)36-22-12-30(13-23-36)31-14-24-37(25-15-31)45(35-20-10-29(2)11-21-35)38-26-16-32(17-27-38)39(46)40(41,42)43/h3-27H,1-2H3. The molecule has 0 bridgehead atoms. The molecule has 0 aliphatic carbocycles. The van der Waals surface area contributed by atoms with Gasteiger partial charge in [-0.1, -0.05) is 77.9 Å². The van der Waals surface area contributed by atoms with Crippen molar-refractivity contribution in [2.24, 2.45) is 0 Å². The summed E-state index contributed by atoms with van der Waals surface area (Å²) in [5.41, 5.74) is 9.43. The number of nitrogens with zero attached hydrogens (tertiary/aromatic N) is 2. The molecule has 0 N–H and O–H groups in total. The Balaban J connectivity index is 1.30. The van der Waals surface area contributed by atoms with Crippen LogP contribution in [-0.4, -0.2) is 12.0 Å². The van der Waals surface area contributed by atoms with E-state index in [1.54, 1.807) is 0 Å². The summed E-state index contributed by atoms with van der Waals surface area (Å²) in [6, 6.07) is 48.6. The molecule has 0 radical (unpaired) electrons. The molecular formula is C40H31F3N2O. The second-order valence-corrected chi connectivity index (χ2v) is 11.1. The Bertz CT molecular complexity index is 1920. The molecule has 0 aromatic heterocycles. The Hall–Kier alpha value is -5.62. The predicted molar refractivity (Wildman–Crippen MR) is 181 cm³/mol. The molecular weight excluding hydrogens is 581 g/mol. The van der Waals surface area contributed by atoms with E-state index in [2.05, 4.69) is 72.5 Å². The molecule has 0 saturated carbocycles. The second kappa shape index (κ2) is 12.8. The van der Waals surface area contributed by atoms with Gasteiger partial charge < -0.3 is 9.80 Å². The van der Waals surface area contributed by atoms with E-state index in [4.69, 9.17) is 0 Å². The van der Waals surface area contributed by atoms with Crippen molar-refractivity contribution < 1.29 is 18.0 Å². The number of carbonyl (C=O) groups excluding carboxylic acids is 1. The summed E-state index contributed by atoms with van der Waals surface area (Å²) in [7, 11) is 0. The summed E-state index contributed by atoms with van der Waals surface area (Å²) in [5, 5.41) is 0. The van der Waals surface area contributed by atoms with Gasteiger partial charge in [0.1, 0.15) is 0 Å². The van der Waals surface area contributed by atoms with Crippen LogP contribution >= 0.6 is 0 Å². The van der Waals surface area contributed by atoms with Gasteiger partial charge in [-0.05, 0) is 110 Å². The first-order valence-electron chi connectivity index (χ1n) is 14.9. The Morgan fingerprint density at radius 1 is 0.435 bits per heavy atom. The number of carbonyl (C=O) groups is 1. The number of rotatable bonds is 8. The highest BCUT2D eigenvalue weighted by atomic mass is 19.4. The summed E-state index contributed by atoms with van der Waals surface area (Å²) < 4.78 is 39.0. The van der Waals surface area contributed by atoms with Crippen LogP contribution in [-0.2, 0) is 0 Å². The van der Waals surface area contributed by atoms with E-state index in [1.807, 2.05) is 78.6 Å². The Kier molecular flexibility index (Phi) is 8.45. The van der Waals surface area contributed by atoms with E-state index in [9.17, 15) is 18.0 Å². The van der Waals surface area contributed by atoms with E-state index in [1.165, 1.54) is 29.8 Å². The van der Waals surface area contributed by atoms with E-state index >= 15 is 0 Å². The molecule has 0 unspecified atom stereocenters. The highest BCUT2D eigenvalue weighted by molar-refractivity contribution is 6.00. The van der Waals surface area contributed by atoms with E-state index in [-0.39, 0.29) is 0 Å². The maximum atomic E-state index is 13.0. The Morgan fingerprint density at radius 3 is 1.09 bits per heavy atom. The smallest absolute Gasteiger partial charge is 0.311 e. The van der Waals surface area contributed by atoms with Crippen molar-refractivity contribution in [3.63, 3.8) is 0 Å². The monoisotopic (exact) mass is 612 g/mol. The zero-order valence-electron chi connectivity index (χ0n) is 25.4. The summed E-state index contributed by atoms with van der Waals surface area (Å²) in [5.74, 6) is -1.86. The van der Waals surface area contributed by atoms with Crippen molar-refractivity contribution in [1.29, 1.82) is 0 Å². The normalized spacial score (nSPS) is 11.2. The summed E-state index contributed by atoms with van der Waals surface area (Å²) in [4.78, 5) is 15.9. The van der Waals surface area contributed by atoms with Crippen LogP contribution in [0.4, 0.5) is 47.3 Å². The summed E-state index contributed by atoms with van der Waals surface area (Å²) in [6.45, 7) is 4.07. The molecule has 0 saturated heterocycles. The lowest BCUT2D eigenvalue weighted by Crippen LogP contribution is -2.22. The van der Waals surface area contributed by atoms with Crippen LogP contribution in [0, 0.1) is 13.8 Å². The number of aryl methyl sites for hydroxylation is 2. The van der Waals surface area contributed by atoms with E-state index in [0.29, 0.717) is 5.69 Å². The van der Waals surface area contributed by atoms with Crippen molar-refractivity contribution in [2.75, 3.05) is 9.80 Å². The lowest BCUT2D eigenvalue weighted by Gasteiger charge is -2.26. The molecule has 0 spiro atoms. The minimum Gasteiger partial charge on any atom is -0.311 e. The summed E-state index contributed by atoms with van der Waals surface area (Å²) in [6.07, 6.45) is -4.92. The summed E-state index contributed by atoms with van der Waals surface area (Å²) >= 11 is 0. The molecule has 0 atom stereocenters. The zero-order chi connectivity index (χ0) is 32.3. The van der Waals surface area contributed by atoms with Gasteiger partial charge >= 0.3 is 6.18 Å². The van der Waals surface area contributed by atoms with Gasteiger partial charge in [0.15, 0.2) is 0 Å². The highest BCUT2D eigenvalue weighted by Crippen LogP contribution is 2.38. The molecule has 0 aliphatic heterocycles. The average Bonchev–Trinajstić information content (AvgIpc) is 3.07. The molecule has 0 amide bonds. The van der Waals surface area contributed by atoms with Gasteiger partial charge in [-0.25, -0.2) is 0 Å². The van der Waals surface area contributed by atoms with Crippen LogP contribution in [0.3, 0.4) is 0 Å². The van der Waals surface area contributed by atoms with E-state index in [0.717, 1.165) is 45.1 Å². The van der Waals surface area contributed by atoms with Gasteiger partial charge in [0.05, 0.1) is 0 Å². The minimum absolute atomic E-state index is 0.396. The largest absolute Gasteiger partial charge is 0.454 e. The third kappa shape index (κ3) is 6.57. The first-order chi connectivity index (χ1) is 22.2. The highest BCUT2D eigenvalue weighted by Gasteiger charge is 2.39. The van der Waals surface area contributed by atoms with Crippen molar-refractivity contribution in [3.05, 3.63) is 168 Å². The number of alkyl halides is 3. The number of benzene rings is 6. The van der Waals surface area contributed by atoms with Crippen LogP contribution in [0.1, 0.15) is 21.5 Å². The Labute approximate surface area is 266 Å². The predicted octanol–water partition coefficient (Wildman–Crippen LogP) is 11.7. The first kappa shape index (κ1) is 30.4. The molecule has 0 heterocycles. The van der Waals surface area contributed by atoms with Crippen LogP contribution in [0.25, 0.3) is 11.1 Å². The van der Waals surface area contributed by atoms with Crippen molar-refractivity contribution in [2.45, 2.75) is 20.0 Å². The molecule has 6 aromatic carbocycles. The molecule has 228 valence electrons. The van der Waals surface area contributed by atoms with Gasteiger partial charge in [0, 0.05) is 39.7 Å². The first-order valence-corrected chi connectivity index (χ1v) is 14.9. The zero-order valence-corrected chi connectivity index (χ0v) is 25.4. The maximum absolute atomic E-state index is 13.0. The fourth-order valence-corrected chi connectivity index (χ4v) is 5.39.